The average molecular weight is 376 g/mol. The van der Waals surface area contributed by atoms with Gasteiger partial charge in [0.05, 0.1) is 11.4 Å². The predicted molar refractivity (Wildman–Crippen MR) is 85.0 cm³/mol. The molecule has 23 heavy (non-hydrogen) atoms. The molecule has 2 aromatic heterocycles. The number of hydrogen-bond donors (Lipinski definition) is 1. The van der Waals surface area contributed by atoms with Crippen LogP contribution in [0.3, 0.4) is 0 Å². The summed E-state index contributed by atoms with van der Waals surface area (Å²) in [6, 6.07) is 4.76. The number of aromatic carboxylic acids is 1. The number of nitrogens with zero attached hydrogens (tertiary/aromatic N) is 3. The second kappa shape index (κ2) is 5.13. The topological polar surface area (TPSA) is 67.5 Å². The molecule has 1 aliphatic carbocycles. The van der Waals surface area contributed by atoms with Gasteiger partial charge in [0.2, 0.25) is 0 Å². The van der Waals surface area contributed by atoms with Crippen LogP contribution in [0.15, 0.2) is 35.1 Å². The summed E-state index contributed by atoms with van der Waals surface area (Å²) in [7, 11) is 0. The van der Waals surface area contributed by atoms with Gasteiger partial charge in [-0.3, -0.25) is 0 Å². The van der Waals surface area contributed by atoms with E-state index in [0.29, 0.717) is 27.1 Å². The number of imidazole rings is 1. The number of rotatable bonds is 3. The van der Waals surface area contributed by atoms with Crippen LogP contribution in [-0.4, -0.2) is 25.4 Å². The highest BCUT2D eigenvalue weighted by molar-refractivity contribution is 9.10. The molecule has 0 atom stereocenters. The molecule has 1 aliphatic rings. The first-order chi connectivity index (χ1) is 11.0. The van der Waals surface area contributed by atoms with Crippen LogP contribution in [0.1, 0.15) is 34.9 Å². The van der Waals surface area contributed by atoms with Crippen LogP contribution in [0.4, 0.5) is 4.39 Å². The van der Waals surface area contributed by atoms with Crippen molar-refractivity contribution in [2.24, 2.45) is 0 Å². The molecule has 4 rings (SSSR count). The number of aromatic nitrogens is 3. The molecule has 5 nitrogen and oxygen atoms in total. The lowest BCUT2D eigenvalue weighted by atomic mass is 10.1. The fourth-order valence-corrected chi connectivity index (χ4v) is 2.92. The van der Waals surface area contributed by atoms with Gasteiger partial charge < -0.3 is 9.51 Å². The minimum Gasteiger partial charge on any atom is -0.476 e. The van der Waals surface area contributed by atoms with Crippen molar-refractivity contribution in [3.63, 3.8) is 0 Å². The molecule has 0 amide bonds. The second-order valence-electron chi connectivity index (χ2n) is 5.57. The quantitative estimate of drug-likeness (QED) is 0.754. The molecule has 2 heterocycles. The number of halogens is 2. The standard InChI is InChI=1S/C16H11BrFN3O2/c17-9-3-4-10(11(18)5-9)12-6-21-7-13(16(22)23)19-14(8-1-2-8)15(21)20-12/h3-8H,1-2H2,(H,22,23). The van der Waals surface area contributed by atoms with Gasteiger partial charge in [0.1, 0.15) is 5.82 Å². The van der Waals surface area contributed by atoms with E-state index in [1.54, 1.807) is 22.7 Å². The molecule has 0 bridgehead atoms. The molecule has 0 spiro atoms. The molecule has 1 N–H and O–H groups in total. The molecule has 1 aromatic carbocycles. The number of carboxylic acids is 1. The largest absolute Gasteiger partial charge is 0.476 e. The normalized spacial score (nSPS) is 14.3. The number of fused-ring (bicyclic) bond motifs is 1. The van der Waals surface area contributed by atoms with Gasteiger partial charge in [-0.15, -0.1) is 0 Å². The predicted octanol–water partition coefficient (Wildman–Crippen LogP) is 3.87. The molecule has 3 aromatic rings. The van der Waals surface area contributed by atoms with Gasteiger partial charge in [0, 0.05) is 28.3 Å². The monoisotopic (exact) mass is 375 g/mol. The fourth-order valence-electron chi connectivity index (χ4n) is 2.58. The van der Waals surface area contributed by atoms with E-state index in [4.69, 9.17) is 0 Å². The van der Waals surface area contributed by atoms with Gasteiger partial charge in [-0.2, -0.15) is 0 Å². The first-order valence-electron chi connectivity index (χ1n) is 7.11. The molecular weight excluding hydrogens is 365 g/mol. The molecule has 7 heteroatoms. The van der Waals surface area contributed by atoms with Crippen LogP contribution in [-0.2, 0) is 0 Å². The maximum atomic E-state index is 14.2. The maximum absolute atomic E-state index is 14.2. The number of hydrogen-bond acceptors (Lipinski definition) is 3. The summed E-state index contributed by atoms with van der Waals surface area (Å²) in [6.07, 6.45) is 5.00. The highest BCUT2D eigenvalue weighted by atomic mass is 79.9. The lowest BCUT2D eigenvalue weighted by molar-refractivity contribution is 0.0689. The zero-order valence-electron chi connectivity index (χ0n) is 11.8. The fraction of sp³-hybridized carbons (Fsp3) is 0.188. The van der Waals surface area contributed by atoms with Gasteiger partial charge >= 0.3 is 5.97 Å². The van der Waals surface area contributed by atoms with Crippen molar-refractivity contribution in [3.8, 4) is 11.3 Å². The Balaban J connectivity index is 1.93. The van der Waals surface area contributed by atoms with Crippen LogP contribution in [0.2, 0.25) is 0 Å². The Labute approximate surface area is 138 Å². The smallest absolute Gasteiger partial charge is 0.356 e. The van der Waals surface area contributed by atoms with Crippen molar-refractivity contribution in [1.29, 1.82) is 0 Å². The number of benzene rings is 1. The maximum Gasteiger partial charge on any atom is 0.356 e. The Bertz CT molecular complexity index is 950. The summed E-state index contributed by atoms with van der Waals surface area (Å²) in [5.74, 6) is -1.23. The van der Waals surface area contributed by atoms with Crippen molar-refractivity contribution < 1.29 is 14.3 Å². The molecular formula is C16H11BrFN3O2. The van der Waals surface area contributed by atoms with Crippen LogP contribution in [0.25, 0.3) is 16.9 Å². The third-order valence-corrected chi connectivity index (χ3v) is 4.35. The van der Waals surface area contributed by atoms with E-state index in [9.17, 15) is 14.3 Å². The van der Waals surface area contributed by atoms with Gasteiger partial charge in [-0.05, 0) is 31.0 Å². The van der Waals surface area contributed by atoms with E-state index in [1.807, 2.05) is 0 Å². The van der Waals surface area contributed by atoms with E-state index >= 15 is 0 Å². The Morgan fingerprint density at radius 2 is 2.09 bits per heavy atom. The van der Waals surface area contributed by atoms with E-state index < -0.39 is 5.97 Å². The van der Waals surface area contributed by atoms with Crippen LogP contribution in [0, 0.1) is 5.82 Å². The van der Waals surface area contributed by atoms with Crippen molar-refractivity contribution in [1.82, 2.24) is 14.4 Å². The Morgan fingerprint density at radius 1 is 1.30 bits per heavy atom. The van der Waals surface area contributed by atoms with Crippen LogP contribution in [0.5, 0.6) is 0 Å². The van der Waals surface area contributed by atoms with Crippen molar-refractivity contribution >= 4 is 27.5 Å². The minimum absolute atomic E-state index is 0.0281. The summed E-state index contributed by atoms with van der Waals surface area (Å²) in [5, 5.41) is 9.21. The lowest BCUT2D eigenvalue weighted by Gasteiger charge is -2.02. The molecule has 0 aliphatic heterocycles. The van der Waals surface area contributed by atoms with E-state index in [2.05, 4.69) is 25.9 Å². The molecule has 0 saturated heterocycles. The van der Waals surface area contributed by atoms with Crippen LogP contribution >= 0.6 is 15.9 Å². The Hall–Kier alpha value is -2.28. The highest BCUT2D eigenvalue weighted by Gasteiger charge is 2.30. The third-order valence-electron chi connectivity index (χ3n) is 3.85. The van der Waals surface area contributed by atoms with Gasteiger partial charge in [0.15, 0.2) is 11.3 Å². The second-order valence-corrected chi connectivity index (χ2v) is 6.49. The van der Waals surface area contributed by atoms with E-state index in [1.165, 1.54) is 12.3 Å². The summed E-state index contributed by atoms with van der Waals surface area (Å²) < 4.78 is 16.4. The molecule has 0 radical (unpaired) electrons. The van der Waals surface area contributed by atoms with Crippen molar-refractivity contribution in [2.45, 2.75) is 18.8 Å². The summed E-state index contributed by atoms with van der Waals surface area (Å²) in [6.45, 7) is 0. The van der Waals surface area contributed by atoms with Gasteiger partial charge in [-0.1, -0.05) is 15.9 Å². The van der Waals surface area contributed by atoms with Crippen molar-refractivity contribution in [2.75, 3.05) is 0 Å². The van der Waals surface area contributed by atoms with E-state index in [-0.39, 0.29) is 17.4 Å². The number of carboxylic acid groups (broad SMARTS) is 1. The zero-order chi connectivity index (χ0) is 16.1. The average Bonchev–Trinajstić information content (AvgIpc) is 3.25. The lowest BCUT2D eigenvalue weighted by Crippen LogP contribution is -2.06. The van der Waals surface area contributed by atoms with Crippen molar-refractivity contribution in [3.05, 3.63) is 52.3 Å². The highest BCUT2D eigenvalue weighted by Crippen LogP contribution is 2.41. The zero-order valence-corrected chi connectivity index (χ0v) is 13.4. The Kier molecular flexibility index (Phi) is 3.19. The first kappa shape index (κ1) is 14.3. The van der Waals surface area contributed by atoms with Gasteiger partial charge in [0.25, 0.3) is 0 Å². The third kappa shape index (κ3) is 2.50. The Morgan fingerprint density at radius 3 is 2.74 bits per heavy atom. The minimum atomic E-state index is -1.08. The van der Waals surface area contributed by atoms with E-state index in [0.717, 1.165) is 12.8 Å². The summed E-state index contributed by atoms with van der Waals surface area (Å²) >= 11 is 3.23. The molecule has 1 saturated carbocycles. The molecule has 116 valence electrons. The number of carbonyl (C=O) groups is 1. The molecule has 0 unspecified atom stereocenters. The van der Waals surface area contributed by atoms with Crippen LogP contribution < -0.4 is 0 Å². The SMILES string of the molecule is O=C(O)c1cn2cc(-c3ccc(Br)cc3F)nc2c(C2CC2)n1. The van der Waals surface area contributed by atoms with Gasteiger partial charge in [-0.25, -0.2) is 19.2 Å². The summed E-state index contributed by atoms with van der Waals surface area (Å²) in [5.41, 5.74) is 2.07. The molecule has 1 fully saturated rings. The first-order valence-corrected chi connectivity index (χ1v) is 7.90. The summed E-state index contributed by atoms with van der Waals surface area (Å²) in [4.78, 5) is 20.0.